The Morgan fingerprint density at radius 2 is 1.37 bits per heavy atom. The quantitative estimate of drug-likeness (QED) is 0.320. The van der Waals surface area contributed by atoms with Crippen LogP contribution in [0.15, 0.2) is 34.3 Å². The van der Waals surface area contributed by atoms with Crippen LogP contribution in [0.3, 0.4) is 0 Å². The smallest absolute Gasteiger partial charge is 0.151 e. The average Bonchev–Trinajstić information content (AvgIpc) is 3.49. The summed E-state index contributed by atoms with van der Waals surface area (Å²) in [6.45, 7) is 18.7. The predicted octanol–water partition coefficient (Wildman–Crippen LogP) is 8.29. The summed E-state index contributed by atoms with van der Waals surface area (Å²) < 4.78 is 0. The van der Waals surface area contributed by atoms with Gasteiger partial charge in [-0.05, 0) is 65.3 Å². The van der Waals surface area contributed by atoms with Crippen molar-refractivity contribution in [3.05, 3.63) is 56.5 Å². The van der Waals surface area contributed by atoms with E-state index < -0.39 is 0 Å². The van der Waals surface area contributed by atoms with Crippen molar-refractivity contribution in [3.8, 4) is 20.2 Å². The minimum atomic E-state index is -0.224. The molecular formula is C31H38N2S2. The largest absolute Gasteiger partial charge is 0.253 e. The maximum atomic E-state index is 5.44. The van der Waals surface area contributed by atoms with Crippen molar-refractivity contribution < 1.29 is 0 Å². The molecule has 1 aliphatic heterocycles. The first kappa shape index (κ1) is 23.6. The van der Waals surface area contributed by atoms with Gasteiger partial charge in [0.2, 0.25) is 0 Å². The van der Waals surface area contributed by atoms with Crippen LogP contribution in [0.1, 0.15) is 109 Å². The third-order valence-electron chi connectivity index (χ3n) is 8.28. The van der Waals surface area contributed by atoms with Gasteiger partial charge in [0.05, 0.1) is 10.7 Å². The van der Waals surface area contributed by atoms with Crippen molar-refractivity contribution in [2.24, 2.45) is 9.98 Å². The standard InChI is InChI=1S/C31H38N2S2/c1-28(2,3)19-13-12-18(24-25(19)33-31(32-24)14-10-9-11-15-31)22-16-20-26(34-22)27-21(30(20,7)8)17-23(35-27)29(4,5)6/h12-13,16-17H,9-11,14-15H2,1-8H3. The first-order valence-corrected chi connectivity index (χ1v) is 14.9. The van der Waals surface area contributed by atoms with Crippen molar-refractivity contribution >= 4 is 22.7 Å². The van der Waals surface area contributed by atoms with Gasteiger partial charge in [0.1, 0.15) is 0 Å². The lowest BCUT2D eigenvalue weighted by atomic mass is 9.82. The van der Waals surface area contributed by atoms with Gasteiger partial charge in [0.15, 0.2) is 5.66 Å². The fourth-order valence-electron chi connectivity index (χ4n) is 6.09. The summed E-state index contributed by atoms with van der Waals surface area (Å²) in [6.07, 6.45) is 5.97. The van der Waals surface area contributed by atoms with Crippen LogP contribution >= 0.6 is 22.7 Å². The number of thiophene rings is 2. The van der Waals surface area contributed by atoms with Gasteiger partial charge in [-0.25, -0.2) is 0 Å². The molecule has 0 saturated heterocycles. The Labute approximate surface area is 218 Å². The van der Waals surface area contributed by atoms with E-state index in [4.69, 9.17) is 9.98 Å². The molecular weight excluding hydrogens is 464 g/mol. The lowest BCUT2D eigenvalue weighted by Crippen LogP contribution is -2.33. The van der Waals surface area contributed by atoms with E-state index in [0.717, 1.165) is 23.6 Å². The van der Waals surface area contributed by atoms with Crippen LogP contribution in [0.2, 0.25) is 0 Å². The molecule has 0 bridgehead atoms. The molecule has 2 aromatic heterocycles. The second-order valence-corrected chi connectivity index (χ2v) is 15.6. The number of fused-ring (bicyclic) bond motifs is 4. The minimum absolute atomic E-state index is 0.0417. The number of rotatable bonds is 1. The van der Waals surface area contributed by atoms with E-state index >= 15 is 0 Å². The number of benzene rings is 1. The molecule has 2 aliphatic carbocycles. The van der Waals surface area contributed by atoms with E-state index in [9.17, 15) is 0 Å². The SMILES string of the molecule is CC(C)(C)c1cc2c(s1)-c1sc(-c3ccc(C(C)(C)C)c4c3=NC3(CCCCC3)N=4)cc1C2(C)C. The van der Waals surface area contributed by atoms with Gasteiger partial charge in [-0.2, -0.15) is 0 Å². The van der Waals surface area contributed by atoms with E-state index in [2.05, 4.69) is 79.7 Å². The van der Waals surface area contributed by atoms with Crippen LogP contribution in [0.5, 0.6) is 0 Å². The van der Waals surface area contributed by atoms with Gasteiger partial charge in [-0.3, -0.25) is 9.98 Å². The summed E-state index contributed by atoms with van der Waals surface area (Å²) in [5.74, 6) is 0. The van der Waals surface area contributed by atoms with E-state index in [1.165, 1.54) is 61.0 Å². The summed E-state index contributed by atoms with van der Waals surface area (Å²) in [7, 11) is 0. The fourth-order valence-corrected chi connectivity index (χ4v) is 8.97. The Bertz CT molecular complexity index is 1460. The molecule has 3 heterocycles. The molecule has 0 unspecified atom stereocenters. The summed E-state index contributed by atoms with van der Waals surface area (Å²) in [5, 5.41) is 2.32. The molecule has 1 saturated carbocycles. The van der Waals surface area contributed by atoms with Gasteiger partial charge in [0, 0.05) is 30.5 Å². The zero-order valence-corrected chi connectivity index (χ0v) is 24.2. The lowest BCUT2D eigenvalue weighted by molar-refractivity contribution is 0.308. The molecule has 0 N–H and O–H groups in total. The highest BCUT2D eigenvalue weighted by Gasteiger charge is 2.41. The second-order valence-electron chi connectivity index (χ2n) is 13.5. The Kier molecular flexibility index (Phi) is 4.98. The minimum Gasteiger partial charge on any atom is -0.253 e. The summed E-state index contributed by atoms with van der Waals surface area (Å²) in [4.78, 5) is 16.6. The highest BCUT2D eigenvalue weighted by Crippen LogP contribution is 2.57. The van der Waals surface area contributed by atoms with Crippen LogP contribution in [0.4, 0.5) is 0 Å². The molecule has 35 heavy (non-hydrogen) atoms. The average molecular weight is 503 g/mol. The van der Waals surface area contributed by atoms with E-state index in [-0.39, 0.29) is 21.9 Å². The molecule has 1 spiro atoms. The Hall–Kier alpha value is -1.78. The predicted molar refractivity (Wildman–Crippen MR) is 151 cm³/mol. The zero-order chi connectivity index (χ0) is 25.0. The molecule has 184 valence electrons. The van der Waals surface area contributed by atoms with Crippen molar-refractivity contribution in [1.29, 1.82) is 0 Å². The third kappa shape index (κ3) is 3.54. The van der Waals surface area contributed by atoms with Crippen molar-refractivity contribution in [3.63, 3.8) is 0 Å². The molecule has 0 atom stereocenters. The Morgan fingerprint density at radius 1 is 0.743 bits per heavy atom. The maximum absolute atomic E-state index is 5.44. The van der Waals surface area contributed by atoms with Crippen LogP contribution in [-0.2, 0) is 16.2 Å². The van der Waals surface area contributed by atoms with Gasteiger partial charge in [0.25, 0.3) is 0 Å². The number of hydrogen-bond acceptors (Lipinski definition) is 4. The normalized spacial score (nSPS) is 19.8. The van der Waals surface area contributed by atoms with Gasteiger partial charge < -0.3 is 0 Å². The molecule has 3 aliphatic rings. The molecule has 2 nitrogen and oxygen atoms in total. The van der Waals surface area contributed by atoms with E-state index in [0.29, 0.717) is 0 Å². The topological polar surface area (TPSA) is 24.7 Å². The number of hydrogen-bond donors (Lipinski definition) is 0. The Morgan fingerprint density at radius 3 is 2.03 bits per heavy atom. The highest BCUT2D eigenvalue weighted by atomic mass is 32.1. The maximum Gasteiger partial charge on any atom is 0.151 e. The molecule has 0 radical (unpaired) electrons. The molecule has 1 fully saturated rings. The van der Waals surface area contributed by atoms with Gasteiger partial charge in [-0.1, -0.05) is 73.9 Å². The summed E-state index contributed by atoms with van der Waals surface area (Å²) in [5.41, 5.74) is 5.66. The van der Waals surface area contributed by atoms with E-state index in [1.807, 2.05) is 22.7 Å². The molecule has 4 heteroatoms. The molecule has 1 aromatic carbocycles. The first-order chi connectivity index (χ1) is 16.3. The van der Waals surface area contributed by atoms with Crippen LogP contribution < -0.4 is 10.7 Å². The summed E-state index contributed by atoms with van der Waals surface area (Å²) >= 11 is 3.97. The Balaban J connectivity index is 1.55. The molecule has 3 aromatic rings. The van der Waals surface area contributed by atoms with Crippen molar-refractivity contribution in [2.75, 3.05) is 0 Å². The lowest BCUT2D eigenvalue weighted by Gasteiger charge is -2.27. The van der Waals surface area contributed by atoms with Gasteiger partial charge in [-0.15, -0.1) is 22.7 Å². The monoisotopic (exact) mass is 502 g/mol. The van der Waals surface area contributed by atoms with E-state index in [1.54, 1.807) is 0 Å². The second kappa shape index (κ2) is 7.38. The number of nitrogens with zero attached hydrogens (tertiary/aromatic N) is 2. The van der Waals surface area contributed by atoms with Crippen LogP contribution in [0.25, 0.3) is 20.2 Å². The van der Waals surface area contributed by atoms with Crippen LogP contribution in [0, 0.1) is 0 Å². The third-order valence-corrected chi connectivity index (χ3v) is 11.2. The van der Waals surface area contributed by atoms with Gasteiger partial charge >= 0.3 is 0 Å². The summed E-state index contributed by atoms with van der Waals surface area (Å²) in [6, 6.07) is 9.62. The zero-order valence-electron chi connectivity index (χ0n) is 22.6. The van der Waals surface area contributed by atoms with Crippen molar-refractivity contribution in [2.45, 2.75) is 109 Å². The fraction of sp³-hybridized carbons (Fsp3) is 0.548. The molecule has 0 amide bonds. The molecule has 6 rings (SSSR count). The van der Waals surface area contributed by atoms with Crippen LogP contribution in [-0.4, -0.2) is 5.66 Å². The highest BCUT2D eigenvalue weighted by molar-refractivity contribution is 7.24. The first-order valence-electron chi connectivity index (χ1n) is 13.2. The van der Waals surface area contributed by atoms with Crippen molar-refractivity contribution in [1.82, 2.24) is 0 Å².